The van der Waals surface area contributed by atoms with E-state index in [0.29, 0.717) is 57.1 Å². The van der Waals surface area contributed by atoms with Gasteiger partial charge in [-0.3, -0.25) is 9.48 Å². The molecule has 0 saturated carbocycles. The van der Waals surface area contributed by atoms with Gasteiger partial charge in [0.05, 0.1) is 67.0 Å². The van der Waals surface area contributed by atoms with E-state index in [2.05, 4.69) is 93.5 Å². The van der Waals surface area contributed by atoms with E-state index in [0.717, 1.165) is 22.4 Å². The van der Waals surface area contributed by atoms with Crippen molar-refractivity contribution in [3.05, 3.63) is 64.4 Å². The van der Waals surface area contributed by atoms with Gasteiger partial charge in [-0.25, -0.2) is 19.2 Å². The molecule has 0 bridgehead atoms. The molecular formula is C40H47BrFN17O5. The van der Waals surface area contributed by atoms with E-state index in [-0.39, 0.29) is 31.2 Å². The predicted molar refractivity (Wildman–Crippen MR) is 239 cm³/mol. The summed E-state index contributed by atoms with van der Waals surface area (Å²) in [4.78, 5) is 60.7. The Labute approximate surface area is 373 Å². The number of halogens is 2. The van der Waals surface area contributed by atoms with Gasteiger partial charge in [-0.2, -0.15) is 29.5 Å². The van der Waals surface area contributed by atoms with Crippen LogP contribution in [0.2, 0.25) is 0 Å². The minimum absolute atomic E-state index is 0.0523. The summed E-state index contributed by atoms with van der Waals surface area (Å²) >= 11 is 3.52. The van der Waals surface area contributed by atoms with Crippen molar-refractivity contribution >= 4 is 85.2 Å². The minimum atomic E-state index is -1.47. The molecular weight excluding hydrogens is 897 g/mol. The quantitative estimate of drug-likeness (QED) is 0.0822. The van der Waals surface area contributed by atoms with Gasteiger partial charge in [0.1, 0.15) is 29.9 Å². The van der Waals surface area contributed by atoms with E-state index in [1.54, 1.807) is 77.3 Å². The lowest BCUT2D eigenvalue weighted by Gasteiger charge is -2.30. The zero-order valence-electron chi connectivity index (χ0n) is 36.4. The Morgan fingerprint density at radius 3 is 2.66 bits per heavy atom. The molecule has 0 spiro atoms. The molecule has 64 heavy (non-hydrogen) atoms. The highest BCUT2D eigenvalue weighted by Gasteiger charge is 2.37. The molecule has 8 rings (SSSR count). The number of aromatic nitrogens is 12. The number of methoxy groups -OCH3 is 1. The number of rotatable bonds is 15. The van der Waals surface area contributed by atoms with Crippen LogP contribution in [-0.4, -0.2) is 129 Å². The molecule has 7 aromatic rings. The fourth-order valence-electron chi connectivity index (χ4n) is 7.22. The summed E-state index contributed by atoms with van der Waals surface area (Å²) in [7, 11) is 6.80. The number of nitrogens with zero attached hydrogens (tertiary/aromatic N) is 13. The Balaban J connectivity index is 0.850. The van der Waals surface area contributed by atoms with Crippen molar-refractivity contribution < 1.29 is 28.2 Å². The first-order valence-electron chi connectivity index (χ1n) is 20.0. The predicted octanol–water partition coefficient (Wildman–Crippen LogP) is 4.42. The molecule has 0 radical (unpaired) electrons. The lowest BCUT2D eigenvalue weighted by atomic mass is 10.1. The molecule has 22 nitrogen and oxygen atoms in total. The average molecular weight is 945 g/mol. The van der Waals surface area contributed by atoms with Crippen LogP contribution in [0.3, 0.4) is 0 Å². The van der Waals surface area contributed by atoms with Crippen molar-refractivity contribution in [2.24, 2.45) is 14.1 Å². The summed E-state index contributed by atoms with van der Waals surface area (Å²) in [5.74, 6) is 1.70. The number of aromatic amines is 1. The Hall–Kier alpha value is -7.11. The second-order valence-electron chi connectivity index (χ2n) is 16.2. The molecule has 7 heterocycles. The van der Waals surface area contributed by atoms with Crippen LogP contribution < -0.4 is 30.5 Å². The molecule has 0 aliphatic carbocycles. The van der Waals surface area contributed by atoms with Crippen molar-refractivity contribution in [2.75, 3.05) is 60.8 Å². The Morgan fingerprint density at radius 1 is 1.09 bits per heavy atom. The van der Waals surface area contributed by atoms with Crippen molar-refractivity contribution in [1.82, 2.24) is 64.2 Å². The molecule has 4 N–H and O–H groups in total. The lowest BCUT2D eigenvalue weighted by Crippen LogP contribution is -2.43. The molecule has 336 valence electrons. The number of anilines is 5. The van der Waals surface area contributed by atoms with Crippen molar-refractivity contribution in [3.63, 3.8) is 0 Å². The third-order valence-corrected chi connectivity index (χ3v) is 11.1. The third-order valence-electron chi connectivity index (χ3n) is 10.5. The van der Waals surface area contributed by atoms with Crippen molar-refractivity contribution in [2.45, 2.75) is 52.1 Å². The highest BCUT2D eigenvalue weighted by atomic mass is 79.9. The summed E-state index contributed by atoms with van der Waals surface area (Å²) in [5, 5.41) is 17.9. The zero-order valence-corrected chi connectivity index (χ0v) is 38.0. The lowest BCUT2D eigenvalue weighted by molar-refractivity contribution is -0.118. The second kappa shape index (κ2) is 17.2. The first kappa shape index (κ1) is 43.5. The molecule has 24 heteroatoms. The number of H-pyrrole nitrogens is 1. The number of hydrogen-bond donors (Lipinski definition) is 4. The van der Waals surface area contributed by atoms with E-state index in [9.17, 15) is 9.59 Å². The van der Waals surface area contributed by atoms with E-state index < -0.39 is 36.5 Å². The van der Waals surface area contributed by atoms with Crippen LogP contribution in [0.4, 0.5) is 38.5 Å². The van der Waals surface area contributed by atoms with Crippen molar-refractivity contribution in [1.29, 1.82) is 0 Å². The van der Waals surface area contributed by atoms with Gasteiger partial charge in [0, 0.05) is 33.3 Å². The van der Waals surface area contributed by atoms with Crippen LogP contribution >= 0.6 is 15.9 Å². The topological polar surface area (TPSA) is 238 Å². The molecule has 1 aromatic carbocycles. The van der Waals surface area contributed by atoms with Crippen LogP contribution in [0.25, 0.3) is 27.8 Å². The Kier molecular flexibility index (Phi) is 11.7. The molecule has 1 aliphatic heterocycles. The van der Waals surface area contributed by atoms with Gasteiger partial charge in [-0.15, -0.1) is 5.10 Å². The summed E-state index contributed by atoms with van der Waals surface area (Å²) in [6.07, 6.45) is 2.44. The third kappa shape index (κ3) is 9.03. The molecule has 1 saturated heterocycles. The number of nitrogens with one attached hydrogen (secondary N) is 4. The molecule has 6 aromatic heterocycles. The average Bonchev–Trinajstić information content (AvgIpc) is 4.08. The largest absolute Gasteiger partial charge is 0.509 e. The Bertz CT molecular complexity index is 2890. The number of amides is 1. The summed E-state index contributed by atoms with van der Waals surface area (Å²) in [5.41, 5.74) is 4.96. The number of ether oxygens (including phenoxy) is 3. The maximum Gasteiger partial charge on any atom is 0.509 e. The number of alkyl halides is 1. The smallest absolute Gasteiger partial charge is 0.478 e. The van der Waals surface area contributed by atoms with E-state index in [1.807, 2.05) is 6.07 Å². The highest BCUT2D eigenvalue weighted by molar-refractivity contribution is 9.10. The van der Waals surface area contributed by atoms with Crippen LogP contribution in [-0.2, 0) is 34.9 Å². The van der Waals surface area contributed by atoms with Crippen LogP contribution in [0.5, 0.6) is 5.88 Å². The zero-order chi connectivity index (χ0) is 45.6. The number of fused-ring (bicyclic) bond motifs is 3. The standard InChI is InChI=1S/C40H47BrFN17O5/c1-20-10-25-26(11-21(20)2)47-29(46-25)13-43-36-53-37(51-32-23(41)12-45-59(32)36)55(6)18-40(4,5)64-39(61)63-17-22(3)34(60)49-27-16-58(14-24(27)42)38-50-31(30-33(52-38)56(7)19-44-30)48-28-15-57(8)54-35(28)62-9/h10-12,15,19,24,27H,3,13-14,16-18H2,1-2,4-9H3,(H,46,47)(H,49,60)(H,43,51,53)(H,48,50,52)/t24-,27-/m1/s1. The van der Waals surface area contributed by atoms with Gasteiger partial charge in [0.2, 0.25) is 23.8 Å². The molecule has 1 amide bonds. The van der Waals surface area contributed by atoms with Crippen LogP contribution in [0, 0.1) is 13.8 Å². The number of likely N-dealkylation sites (N-methyl/N-ethyl adjacent to an activating group) is 1. The second-order valence-corrected chi connectivity index (χ2v) is 17.0. The number of aryl methyl sites for hydroxylation is 4. The van der Waals surface area contributed by atoms with Crippen molar-refractivity contribution in [3.8, 4) is 5.88 Å². The molecule has 0 unspecified atom stereocenters. The maximum absolute atomic E-state index is 15.5. The fourth-order valence-corrected chi connectivity index (χ4v) is 7.57. The fraction of sp³-hybridized carbons (Fsp3) is 0.400. The number of carbonyl (C=O) groups excluding carboxylic acids is 2. The molecule has 1 aliphatic rings. The van der Waals surface area contributed by atoms with Gasteiger partial charge in [-0.1, -0.05) is 6.58 Å². The molecule has 2 atom stereocenters. The first-order valence-corrected chi connectivity index (χ1v) is 20.8. The van der Waals surface area contributed by atoms with Gasteiger partial charge < -0.3 is 49.5 Å². The maximum atomic E-state index is 15.5. The van der Waals surface area contributed by atoms with Gasteiger partial charge >= 0.3 is 6.16 Å². The van der Waals surface area contributed by atoms with E-state index in [1.165, 1.54) is 12.7 Å². The minimum Gasteiger partial charge on any atom is -0.478 e. The highest BCUT2D eigenvalue weighted by Crippen LogP contribution is 2.31. The van der Waals surface area contributed by atoms with Gasteiger partial charge in [0.25, 0.3) is 5.88 Å². The SMILES string of the molecule is C=C(COC(=O)OC(C)(C)CN(C)c1nc(NCc2nc3cc(C)c(C)cc3[nH]2)n2ncc(Br)c2n1)C(=O)N[C@@H]1CN(c2nc(Nc3cn(C)nc3OC)c3ncn(C)c3n2)C[C@H]1F. The monoisotopic (exact) mass is 943 g/mol. The first-order chi connectivity index (χ1) is 30.4. The normalized spacial score (nSPS) is 15.2. The number of hydrogen-bond acceptors (Lipinski definition) is 17. The van der Waals surface area contributed by atoms with Gasteiger partial charge in [0.15, 0.2) is 22.6 Å². The number of benzene rings is 1. The van der Waals surface area contributed by atoms with Gasteiger partial charge in [-0.05, 0) is 66.9 Å². The summed E-state index contributed by atoms with van der Waals surface area (Å²) < 4.78 is 37.3. The van der Waals surface area contributed by atoms with Crippen LogP contribution in [0.1, 0.15) is 30.8 Å². The Morgan fingerprint density at radius 2 is 1.88 bits per heavy atom. The number of carbonyl (C=O) groups is 2. The van der Waals surface area contributed by atoms with Crippen LogP contribution in [0.15, 0.2) is 47.5 Å². The van der Waals surface area contributed by atoms with E-state index >= 15 is 4.39 Å². The molecule has 1 fully saturated rings. The summed E-state index contributed by atoms with van der Waals surface area (Å²) in [6.45, 7) is 11.2. The van der Waals surface area contributed by atoms with E-state index in [4.69, 9.17) is 24.2 Å². The summed E-state index contributed by atoms with van der Waals surface area (Å²) in [6, 6.07) is 3.18. The number of imidazole rings is 2.